The van der Waals surface area contributed by atoms with Crippen LogP contribution in [-0.4, -0.2) is 30.6 Å². The van der Waals surface area contributed by atoms with E-state index in [-0.39, 0.29) is 12.1 Å². The summed E-state index contributed by atoms with van der Waals surface area (Å²) in [5.41, 5.74) is 7.78. The van der Waals surface area contributed by atoms with Crippen LogP contribution < -0.4 is 10.5 Å². The van der Waals surface area contributed by atoms with Crippen molar-refractivity contribution in [3.63, 3.8) is 0 Å². The standard InChI is InChI=1S/C18H30N2O/c1-5-17(19)18(15-7-6-8-16(11-15)21-4)20-12-13(2)9-10-14(20)3/h6-8,11,13-14,17-18H,5,9-10,12,19H2,1-4H3. The van der Waals surface area contributed by atoms with Gasteiger partial charge in [0.1, 0.15) is 5.75 Å². The molecule has 0 saturated carbocycles. The minimum Gasteiger partial charge on any atom is -0.497 e. The number of likely N-dealkylation sites (tertiary alicyclic amines) is 1. The largest absolute Gasteiger partial charge is 0.497 e. The number of ether oxygens (including phenoxy) is 1. The molecule has 4 unspecified atom stereocenters. The van der Waals surface area contributed by atoms with Crippen LogP contribution in [-0.2, 0) is 0 Å². The molecule has 0 aliphatic carbocycles. The molecule has 1 aromatic carbocycles. The minimum absolute atomic E-state index is 0.157. The zero-order chi connectivity index (χ0) is 15.4. The Bertz CT molecular complexity index is 449. The minimum atomic E-state index is 0.157. The Hall–Kier alpha value is -1.06. The van der Waals surface area contributed by atoms with E-state index in [9.17, 15) is 0 Å². The molecule has 0 aromatic heterocycles. The maximum atomic E-state index is 6.50. The van der Waals surface area contributed by atoms with Gasteiger partial charge in [0, 0.05) is 18.6 Å². The van der Waals surface area contributed by atoms with Crippen molar-refractivity contribution in [2.24, 2.45) is 11.7 Å². The highest BCUT2D eigenvalue weighted by atomic mass is 16.5. The van der Waals surface area contributed by atoms with Crippen molar-refractivity contribution in [3.8, 4) is 5.75 Å². The summed E-state index contributed by atoms with van der Waals surface area (Å²) in [5, 5.41) is 0. The Morgan fingerprint density at radius 2 is 2.10 bits per heavy atom. The van der Waals surface area contributed by atoms with Gasteiger partial charge in [0.2, 0.25) is 0 Å². The highest BCUT2D eigenvalue weighted by Gasteiger charge is 2.33. The summed E-state index contributed by atoms with van der Waals surface area (Å²) in [5.74, 6) is 1.66. The van der Waals surface area contributed by atoms with Gasteiger partial charge < -0.3 is 10.5 Å². The average molecular weight is 290 g/mol. The third kappa shape index (κ3) is 3.78. The third-order valence-corrected chi connectivity index (χ3v) is 4.84. The smallest absolute Gasteiger partial charge is 0.119 e. The summed E-state index contributed by atoms with van der Waals surface area (Å²) in [6.45, 7) is 7.99. The molecule has 0 spiro atoms. The van der Waals surface area contributed by atoms with E-state index in [1.54, 1.807) is 7.11 Å². The summed E-state index contributed by atoms with van der Waals surface area (Å²) in [4.78, 5) is 2.61. The van der Waals surface area contributed by atoms with Gasteiger partial charge in [-0.05, 0) is 49.8 Å². The van der Waals surface area contributed by atoms with E-state index in [0.717, 1.165) is 24.6 Å². The fourth-order valence-electron chi connectivity index (χ4n) is 3.44. The lowest BCUT2D eigenvalue weighted by Gasteiger charge is -2.44. The molecular formula is C18H30N2O. The number of benzene rings is 1. The van der Waals surface area contributed by atoms with E-state index in [0.29, 0.717) is 6.04 Å². The molecule has 3 heteroatoms. The number of rotatable bonds is 5. The van der Waals surface area contributed by atoms with Crippen molar-refractivity contribution in [1.82, 2.24) is 4.90 Å². The van der Waals surface area contributed by atoms with Crippen LogP contribution in [0.2, 0.25) is 0 Å². The molecule has 0 radical (unpaired) electrons. The Kier molecular flexibility index (Phi) is 5.65. The van der Waals surface area contributed by atoms with Crippen molar-refractivity contribution >= 4 is 0 Å². The van der Waals surface area contributed by atoms with Crippen LogP contribution in [0.1, 0.15) is 51.6 Å². The van der Waals surface area contributed by atoms with Gasteiger partial charge in [-0.25, -0.2) is 0 Å². The van der Waals surface area contributed by atoms with Crippen molar-refractivity contribution in [2.45, 2.75) is 58.2 Å². The molecule has 4 atom stereocenters. The lowest BCUT2D eigenvalue weighted by atomic mass is 9.88. The second-order valence-electron chi connectivity index (χ2n) is 6.52. The van der Waals surface area contributed by atoms with Gasteiger partial charge in [0.15, 0.2) is 0 Å². The number of hydrogen-bond donors (Lipinski definition) is 1. The SMILES string of the molecule is CCC(N)C(c1cccc(OC)c1)N1CC(C)CCC1C. The highest BCUT2D eigenvalue weighted by Crippen LogP contribution is 2.34. The second kappa shape index (κ2) is 7.28. The summed E-state index contributed by atoms with van der Waals surface area (Å²) < 4.78 is 5.39. The topological polar surface area (TPSA) is 38.5 Å². The third-order valence-electron chi connectivity index (χ3n) is 4.84. The predicted octanol–water partition coefficient (Wildman–Crippen LogP) is 3.59. The lowest BCUT2D eigenvalue weighted by molar-refractivity contribution is 0.0624. The normalized spacial score (nSPS) is 26.3. The summed E-state index contributed by atoms with van der Waals surface area (Å²) in [6.07, 6.45) is 3.57. The van der Waals surface area contributed by atoms with Gasteiger partial charge >= 0.3 is 0 Å². The first-order valence-electron chi connectivity index (χ1n) is 8.22. The van der Waals surface area contributed by atoms with E-state index >= 15 is 0 Å². The molecule has 1 aliphatic heterocycles. The molecular weight excluding hydrogens is 260 g/mol. The molecule has 1 saturated heterocycles. The molecule has 1 heterocycles. The van der Waals surface area contributed by atoms with Gasteiger partial charge in [-0.2, -0.15) is 0 Å². The molecule has 1 aromatic rings. The van der Waals surface area contributed by atoms with Crippen LogP contribution in [0.3, 0.4) is 0 Å². The maximum Gasteiger partial charge on any atom is 0.119 e. The van der Waals surface area contributed by atoms with Gasteiger partial charge in [-0.3, -0.25) is 4.90 Å². The van der Waals surface area contributed by atoms with Gasteiger partial charge in [0.05, 0.1) is 13.2 Å². The first kappa shape index (κ1) is 16.3. The van der Waals surface area contributed by atoms with Crippen LogP contribution in [0.25, 0.3) is 0 Å². The number of nitrogens with two attached hydrogens (primary N) is 1. The van der Waals surface area contributed by atoms with Crippen molar-refractivity contribution in [3.05, 3.63) is 29.8 Å². The first-order valence-corrected chi connectivity index (χ1v) is 8.22. The van der Waals surface area contributed by atoms with E-state index in [1.165, 1.54) is 18.4 Å². The molecule has 118 valence electrons. The number of methoxy groups -OCH3 is 1. The van der Waals surface area contributed by atoms with E-state index in [4.69, 9.17) is 10.5 Å². The molecule has 2 rings (SSSR count). The molecule has 0 bridgehead atoms. The highest BCUT2D eigenvalue weighted by molar-refractivity contribution is 5.31. The first-order chi connectivity index (χ1) is 10.1. The van der Waals surface area contributed by atoms with E-state index in [1.807, 2.05) is 6.07 Å². The van der Waals surface area contributed by atoms with Crippen LogP contribution >= 0.6 is 0 Å². The van der Waals surface area contributed by atoms with E-state index in [2.05, 4.69) is 43.9 Å². The van der Waals surface area contributed by atoms with Crippen molar-refractivity contribution in [1.29, 1.82) is 0 Å². The van der Waals surface area contributed by atoms with Gasteiger partial charge in [-0.1, -0.05) is 26.0 Å². The summed E-state index contributed by atoms with van der Waals surface area (Å²) in [7, 11) is 1.72. The lowest BCUT2D eigenvalue weighted by Crippen LogP contribution is -2.49. The van der Waals surface area contributed by atoms with Crippen LogP contribution in [0, 0.1) is 5.92 Å². The number of piperidine rings is 1. The Morgan fingerprint density at radius 3 is 2.76 bits per heavy atom. The van der Waals surface area contributed by atoms with Crippen molar-refractivity contribution in [2.75, 3.05) is 13.7 Å². The fraction of sp³-hybridized carbons (Fsp3) is 0.667. The van der Waals surface area contributed by atoms with Crippen LogP contribution in [0.4, 0.5) is 0 Å². The number of nitrogens with zero attached hydrogens (tertiary/aromatic N) is 1. The predicted molar refractivity (Wildman–Crippen MR) is 88.6 cm³/mol. The second-order valence-corrected chi connectivity index (χ2v) is 6.52. The van der Waals surface area contributed by atoms with E-state index < -0.39 is 0 Å². The average Bonchev–Trinajstić information content (AvgIpc) is 2.51. The zero-order valence-electron chi connectivity index (χ0n) is 13.9. The Labute approximate surface area is 129 Å². The van der Waals surface area contributed by atoms with Gasteiger partial charge in [0.25, 0.3) is 0 Å². The molecule has 3 nitrogen and oxygen atoms in total. The maximum absolute atomic E-state index is 6.50. The van der Waals surface area contributed by atoms with Crippen molar-refractivity contribution < 1.29 is 4.74 Å². The monoisotopic (exact) mass is 290 g/mol. The quantitative estimate of drug-likeness (QED) is 0.900. The molecule has 2 N–H and O–H groups in total. The van der Waals surface area contributed by atoms with Crippen LogP contribution in [0.15, 0.2) is 24.3 Å². The Morgan fingerprint density at radius 1 is 1.33 bits per heavy atom. The Balaban J connectivity index is 2.32. The zero-order valence-corrected chi connectivity index (χ0v) is 13.9. The fourth-order valence-corrected chi connectivity index (χ4v) is 3.44. The summed E-state index contributed by atoms with van der Waals surface area (Å²) >= 11 is 0. The molecule has 21 heavy (non-hydrogen) atoms. The van der Waals surface area contributed by atoms with Crippen LogP contribution in [0.5, 0.6) is 5.75 Å². The molecule has 1 fully saturated rings. The molecule has 0 amide bonds. The number of hydrogen-bond acceptors (Lipinski definition) is 3. The summed E-state index contributed by atoms with van der Waals surface area (Å²) in [6, 6.07) is 9.44. The van der Waals surface area contributed by atoms with Gasteiger partial charge in [-0.15, -0.1) is 0 Å². The molecule has 1 aliphatic rings.